The zero-order valence-electron chi connectivity index (χ0n) is 12.9. The molecule has 112 valence electrons. The minimum Gasteiger partial charge on any atom is -0.391 e. The van der Waals surface area contributed by atoms with Gasteiger partial charge in [-0.1, -0.05) is 26.0 Å². The molecule has 1 atom stereocenters. The largest absolute Gasteiger partial charge is 0.391 e. The van der Waals surface area contributed by atoms with E-state index in [0.717, 1.165) is 17.7 Å². The lowest BCUT2D eigenvalue weighted by Gasteiger charge is -2.15. The van der Waals surface area contributed by atoms with Gasteiger partial charge in [-0.25, -0.2) is 0 Å². The van der Waals surface area contributed by atoms with Crippen LogP contribution in [0.2, 0.25) is 0 Å². The van der Waals surface area contributed by atoms with Crippen LogP contribution in [0.4, 0.5) is 5.69 Å². The fourth-order valence-electron chi connectivity index (χ4n) is 1.76. The molecule has 2 N–H and O–H groups in total. The van der Waals surface area contributed by atoms with Crippen LogP contribution in [0.5, 0.6) is 0 Å². The van der Waals surface area contributed by atoms with Crippen LogP contribution in [0, 0.1) is 5.92 Å². The Morgan fingerprint density at radius 1 is 1.25 bits per heavy atom. The second-order valence-corrected chi connectivity index (χ2v) is 5.68. The number of hydrogen-bond acceptors (Lipinski definition) is 3. The number of aliphatic hydroxyl groups excluding tert-OH is 1. The van der Waals surface area contributed by atoms with Gasteiger partial charge in [-0.05, 0) is 30.0 Å². The van der Waals surface area contributed by atoms with Crippen LogP contribution < -0.4 is 10.2 Å². The molecule has 0 aliphatic rings. The molecule has 1 aromatic rings. The Morgan fingerprint density at radius 2 is 1.85 bits per heavy atom. The van der Waals surface area contributed by atoms with Crippen molar-refractivity contribution in [2.24, 2.45) is 5.92 Å². The lowest BCUT2D eigenvalue weighted by Crippen LogP contribution is -2.34. The first-order valence-electron chi connectivity index (χ1n) is 7.11. The topological polar surface area (TPSA) is 52.6 Å². The van der Waals surface area contributed by atoms with E-state index in [1.165, 1.54) is 0 Å². The molecule has 0 fully saturated rings. The highest BCUT2D eigenvalue weighted by molar-refractivity contribution is 5.76. The fraction of sp³-hybridized carbons (Fsp3) is 0.562. The van der Waals surface area contributed by atoms with Gasteiger partial charge in [0.1, 0.15) is 0 Å². The number of carbonyl (C=O) groups excluding carboxylic acids is 1. The van der Waals surface area contributed by atoms with Gasteiger partial charge in [-0.15, -0.1) is 0 Å². The predicted octanol–water partition coefficient (Wildman–Crippen LogP) is 1.82. The molecule has 1 unspecified atom stereocenters. The summed E-state index contributed by atoms with van der Waals surface area (Å²) in [5.74, 6) is 0.148. The highest BCUT2D eigenvalue weighted by Gasteiger charge is 2.10. The van der Waals surface area contributed by atoms with Gasteiger partial charge in [0.2, 0.25) is 5.91 Å². The highest BCUT2D eigenvalue weighted by atomic mass is 16.3. The summed E-state index contributed by atoms with van der Waals surface area (Å²) in [5.41, 5.74) is 2.30. The lowest BCUT2D eigenvalue weighted by molar-refractivity contribution is -0.121. The van der Waals surface area contributed by atoms with Crippen LogP contribution in [-0.4, -0.2) is 37.8 Å². The van der Waals surface area contributed by atoms with Gasteiger partial charge in [0, 0.05) is 32.7 Å². The summed E-state index contributed by atoms with van der Waals surface area (Å²) in [5, 5.41) is 12.4. The molecule has 0 bridgehead atoms. The quantitative estimate of drug-likeness (QED) is 0.800. The zero-order valence-corrected chi connectivity index (χ0v) is 12.9. The predicted molar refractivity (Wildman–Crippen MR) is 82.9 cm³/mol. The number of nitrogens with zero attached hydrogens (tertiary/aromatic N) is 1. The van der Waals surface area contributed by atoms with Crippen molar-refractivity contribution in [3.05, 3.63) is 29.8 Å². The van der Waals surface area contributed by atoms with Crippen LogP contribution in [0.1, 0.15) is 25.8 Å². The van der Waals surface area contributed by atoms with Crippen LogP contribution >= 0.6 is 0 Å². The smallest absolute Gasteiger partial charge is 0.220 e. The fourth-order valence-corrected chi connectivity index (χ4v) is 1.76. The maximum Gasteiger partial charge on any atom is 0.220 e. The lowest BCUT2D eigenvalue weighted by atomic mass is 10.1. The highest BCUT2D eigenvalue weighted by Crippen LogP contribution is 2.13. The molecule has 0 saturated heterocycles. The van der Waals surface area contributed by atoms with Gasteiger partial charge >= 0.3 is 0 Å². The van der Waals surface area contributed by atoms with Crippen LogP contribution in [-0.2, 0) is 11.2 Å². The van der Waals surface area contributed by atoms with Crippen molar-refractivity contribution in [1.29, 1.82) is 0 Å². The third-order valence-corrected chi connectivity index (χ3v) is 3.37. The number of carbonyl (C=O) groups is 1. The van der Waals surface area contributed by atoms with Crippen molar-refractivity contribution in [1.82, 2.24) is 5.32 Å². The van der Waals surface area contributed by atoms with Gasteiger partial charge < -0.3 is 15.3 Å². The van der Waals surface area contributed by atoms with Gasteiger partial charge in [0.25, 0.3) is 0 Å². The summed E-state index contributed by atoms with van der Waals surface area (Å²) in [6.07, 6.45) is 0.696. The van der Waals surface area contributed by atoms with E-state index in [4.69, 9.17) is 0 Å². The van der Waals surface area contributed by atoms with Crippen LogP contribution in [0.25, 0.3) is 0 Å². The molecule has 0 aliphatic carbocycles. The first kappa shape index (κ1) is 16.5. The number of rotatable bonds is 7. The Balaban J connectivity index is 2.34. The van der Waals surface area contributed by atoms with Gasteiger partial charge in [0.05, 0.1) is 6.10 Å². The van der Waals surface area contributed by atoms with Crippen molar-refractivity contribution in [3.8, 4) is 0 Å². The number of benzene rings is 1. The van der Waals surface area contributed by atoms with Crippen LogP contribution in [0.3, 0.4) is 0 Å². The Morgan fingerprint density at radius 3 is 2.35 bits per heavy atom. The number of aliphatic hydroxyl groups is 1. The zero-order chi connectivity index (χ0) is 15.1. The van der Waals surface area contributed by atoms with E-state index in [1.54, 1.807) is 0 Å². The third kappa shape index (κ3) is 5.61. The molecule has 1 aromatic carbocycles. The molecule has 0 heterocycles. The minimum atomic E-state index is -0.474. The summed E-state index contributed by atoms with van der Waals surface area (Å²) < 4.78 is 0. The number of amides is 1. The van der Waals surface area contributed by atoms with Crippen molar-refractivity contribution < 1.29 is 9.90 Å². The van der Waals surface area contributed by atoms with Crippen molar-refractivity contribution in [2.45, 2.75) is 32.8 Å². The second kappa shape index (κ2) is 7.90. The molecule has 1 amide bonds. The van der Waals surface area contributed by atoms with Gasteiger partial charge in [-0.2, -0.15) is 0 Å². The molecule has 0 aliphatic heterocycles. The first-order valence-corrected chi connectivity index (χ1v) is 7.11. The molecule has 20 heavy (non-hydrogen) atoms. The molecular weight excluding hydrogens is 252 g/mol. The SMILES string of the molecule is CC(C)C(O)CNC(=O)CCc1ccc(N(C)C)cc1. The summed E-state index contributed by atoms with van der Waals surface area (Å²) in [7, 11) is 4.00. The van der Waals surface area contributed by atoms with E-state index < -0.39 is 6.10 Å². The Bertz CT molecular complexity index is 413. The summed E-state index contributed by atoms with van der Waals surface area (Å²) in [6.45, 7) is 4.20. The van der Waals surface area contributed by atoms with Crippen molar-refractivity contribution >= 4 is 11.6 Å². The third-order valence-electron chi connectivity index (χ3n) is 3.37. The monoisotopic (exact) mass is 278 g/mol. The molecular formula is C16H26N2O2. The van der Waals surface area contributed by atoms with E-state index in [-0.39, 0.29) is 11.8 Å². The first-order chi connectivity index (χ1) is 9.40. The average molecular weight is 278 g/mol. The van der Waals surface area contributed by atoms with Gasteiger partial charge in [0.15, 0.2) is 0 Å². The van der Waals surface area contributed by atoms with Crippen LogP contribution in [0.15, 0.2) is 24.3 Å². The summed E-state index contributed by atoms with van der Waals surface area (Å²) in [4.78, 5) is 13.7. The number of hydrogen-bond donors (Lipinski definition) is 2. The number of aryl methyl sites for hydroxylation is 1. The molecule has 4 heteroatoms. The molecule has 0 radical (unpaired) electrons. The van der Waals surface area contributed by atoms with E-state index >= 15 is 0 Å². The minimum absolute atomic E-state index is 0.0126. The van der Waals surface area contributed by atoms with E-state index in [9.17, 15) is 9.90 Å². The molecule has 4 nitrogen and oxygen atoms in total. The molecule has 0 aromatic heterocycles. The second-order valence-electron chi connectivity index (χ2n) is 5.68. The van der Waals surface area contributed by atoms with Crippen molar-refractivity contribution in [3.63, 3.8) is 0 Å². The van der Waals surface area contributed by atoms with E-state index in [0.29, 0.717) is 13.0 Å². The van der Waals surface area contributed by atoms with E-state index in [2.05, 4.69) is 17.4 Å². The number of anilines is 1. The summed E-state index contributed by atoms with van der Waals surface area (Å²) in [6, 6.07) is 8.20. The van der Waals surface area contributed by atoms with E-state index in [1.807, 2.05) is 45.0 Å². The Labute approximate surface area is 121 Å². The standard InChI is InChI=1S/C16H26N2O2/c1-12(2)15(19)11-17-16(20)10-7-13-5-8-14(9-6-13)18(3)4/h5-6,8-9,12,15,19H,7,10-11H2,1-4H3,(H,17,20). The summed E-state index contributed by atoms with van der Waals surface area (Å²) >= 11 is 0. The molecule has 0 saturated carbocycles. The van der Waals surface area contributed by atoms with Crippen molar-refractivity contribution in [2.75, 3.05) is 25.5 Å². The normalized spacial score (nSPS) is 12.3. The maximum atomic E-state index is 11.7. The Hall–Kier alpha value is -1.55. The average Bonchev–Trinajstić information content (AvgIpc) is 2.42. The van der Waals surface area contributed by atoms with Gasteiger partial charge in [-0.3, -0.25) is 4.79 Å². The molecule has 1 rings (SSSR count). The number of nitrogens with one attached hydrogen (secondary N) is 1. The molecule has 0 spiro atoms. The maximum absolute atomic E-state index is 11.7. The Kier molecular flexibility index (Phi) is 6.52.